The second-order valence-electron chi connectivity index (χ2n) is 6.82. The molecule has 0 aliphatic heterocycles. The van der Waals surface area contributed by atoms with E-state index in [9.17, 15) is 31.5 Å². The number of aliphatic hydroxyl groups excluding tert-OH is 1. The van der Waals surface area contributed by atoms with Crippen LogP contribution >= 0.6 is 13.5 Å². The first-order chi connectivity index (χ1) is 12.7. The number of carbonyl (C=O) groups is 2. The van der Waals surface area contributed by atoms with Gasteiger partial charge in [-0.15, -0.1) is 0 Å². The Morgan fingerprint density at radius 3 is 2.03 bits per heavy atom. The third-order valence-electron chi connectivity index (χ3n) is 3.16. The Bertz CT molecular complexity index is 698. The van der Waals surface area contributed by atoms with Crippen LogP contribution in [0.3, 0.4) is 0 Å². The summed E-state index contributed by atoms with van der Waals surface area (Å²) >= 11 is 0. The molecule has 1 unspecified atom stereocenters. The molecule has 0 saturated carbocycles. The third kappa shape index (κ3) is 18.0. The molecule has 0 aromatic carbocycles. The van der Waals surface area contributed by atoms with Crippen LogP contribution in [0.25, 0.3) is 0 Å². The molecular formula is C15H30NaO12S3-. The van der Waals surface area contributed by atoms with Gasteiger partial charge < -0.3 is 33.2 Å². The van der Waals surface area contributed by atoms with Crippen LogP contribution in [-0.2, 0) is 52.4 Å². The van der Waals surface area contributed by atoms with Gasteiger partial charge in [0.05, 0.1) is 18.5 Å². The molecule has 0 aromatic heterocycles. The molecule has 16 heteroatoms. The maximum atomic E-state index is 12.0. The minimum atomic E-state index is -4.04. The predicted octanol–water partition coefficient (Wildman–Crippen LogP) is -2.19. The van der Waals surface area contributed by atoms with Crippen LogP contribution in [0.2, 0.25) is 0 Å². The van der Waals surface area contributed by atoms with Crippen molar-refractivity contribution in [3.8, 4) is 0 Å². The Morgan fingerprint density at radius 2 is 1.58 bits per heavy atom. The zero-order valence-corrected chi connectivity index (χ0v) is 23.0. The van der Waals surface area contributed by atoms with Gasteiger partial charge >= 0.3 is 41.7 Å². The van der Waals surface area contributed by atoms with Gasteiger partial charge in [0.15, 0.2) is 6.10 Å². The fourth-order valence-electron chi connectivity index (χ4n) is 1.66. The first kappa shape index (κ1) is 38.1. The molecule has 0 fully saturated rings. The molecule has 182 valence electrons. The predicted molar refractivity (Wildman–Crippen MR) is 108 cm³/mol. The normalized spacial score (nSPS) is 13.2. The number of esters is 1. The molecule has 12 nitrogen and oxygen atoms in total. The first-order valence-electron chi connectivity index (χ1n) is 8.35. The molecule has 2 atom stereocenters. The zero-order valence-electron chi connectivity index (χ0n) is 18.4. The fourth-order valence-corrected chi connectivity index (χ4v) is 3.32. The molecule has 0 heterocycles. The van der Waals surface area contributed by atoms with Gasteiger partial charge in [0.2, 0.25) is 6.29 Å². The molecule has 0 radical (unpaired) electrons. The average Bonchev–Trinajstić information content (AvgIpc) is 2.50. The van der Waals surface area contributed by atoms with Crippen molar-refractivity contribution in [1.82, 2.24) is 0 Å². The molecule has 31 heavy (non-hydrogen) atoms. The van der Waals surface area contributed by atoms with E-state index in [2.05, 4.69) is 4.74 Å². The van der Waals surface area contributed by atoms with Gasteiger partial charge in [0.1, 0.15) is 0 Å². The monoisotopic (exact) mass is 521 g/mol. The van der Waals surface area contributed by atoms with Crippen LogP contribution in [0.5, 0.6) is 0 Å². The number of carbonyl (C=O) groups excluding carboxylic acids is 2. The Balaban J connectivity index is -0.00000121. The van der Waals surface area contributed by atoms with Gasteiger partial charge in [0.25, 0.3) is 10.1 Å². The number of hydrogen-bond acceptors (Lipinski definition) is 13. The quantitative estimate of drug-likeness (QED) is 0.0961. The van der Waals surface area contributed by atoms with Crippen LogP contribution in [-0.4, -0.2) is 67.7 Å². The van der Waals surface area contributed by atoms with Crippen LogP contribution < -0.4 is 29.6 Å². The number of hydrogen-bond donors (Lipinski definition) is 1. The maximum absolute atomic E-state index is 12.0. The Kier molecular flexibility index (Phi) is 21.4. The average molecular weight is 522 g/mol. The molecule has 0 bridgehead atoms. The topological polar surface area (TPSA) is 190 Å². The van der Waals surface area contributed by atoms with Crippen LogP contribution in [0.1, 0.15) is 41.0 Å². The fraction of sp³-hybridized carbons (Fsp3) is 0.867. The van der Waals surface area contributed by atoms with Crippen LogP contribution in [0.4, 0.5) is 4.79 Å². The molecule has 0 rings (SSSR count). The molecular weight excluding hydrogens is 491 g/mol. The van der Waals surface area contributed by atoms with E-state index < -0.39 is 69.2 Å². The minimum Gasteiger partial charge on any atom is -0.870 e. The summed E-state index contributed by atoms with van der Waals surface area (Å²) < 4.78 is 63.3. The van der Waals surface area contributed by atoms with Gasteiger partial charge in [-0.05, 0) is 13.8 Å². The summed E-state index contributed by atoms with van der Waals surface area (Å²) in [4.78, 5) is 23.3. The van der Waals surface area contributed by atoms with Gasteiger partial charge in [0, 0.05) is 12.3 Å². The number of rotatable bonds is 12. The third-order valence-corrected chi connectivity index (χ3v) is 5.04. The van der Waals surface area contributed by atoms with Crippen molar-refractivity contribution in [3.63, 3.8) is 0 Å². The van der Waals surface area contributed by atoms with Crippen molar-refractivity contribution in [2.75, 3.05) is 18.1 Å². The van der Waals surface area contributed by atoms with E-state index in [4.69, 9.17) is 13.7 Å². The SMILES string of the molecule is CC(C)OC(=O)OC(C)OC(=O)[C@@H](O)C(C)(C)COS(=O)(=O)CCC[S-](=O)=O.S.[Na+].[OH-]. The van der Waals surface area contributed by atoms with E-state index >= 15 is 0 Å². The molecule has 0 amide bonds. The number of aliphatic hydroxyl groups is 1. The summed E-state index contributed by atoms with van der Waals surface area (Å²) in [6, 6.07) is 0. The van der Waals surface area contributed by atoms with Crippen LogP contribution in [0.15, 0.2) is 0 Å². The molecule has 0 aliphatic carbocycles. The minimum absolute atomic E-state index is 0. The van der Waals surface area contributed by atoms with E-state index in [0.29, 0.717) is 0 Å². The smallest absolute Gasteiger partial charge is 0.870 e. The Morgan fingerprint density at radius 1 is 1.06 bits per heavy atom. The largest absolute Gasteiger partial charge is 1.00 e. The maximum Gasteiger partial charge on any atom is 1.00 e. The molecule has 0 aliphatic rings. The summed E-state index contributed by atoms with van der Waals surface area (Å²) in [6.07, 6.45) is -4.78. The van der Waals surface area contributed by atoms with Crippen molar-refractivity contribution in [2.45, 2.75) is 59.5 Å². The van der Waals surface area contributed by atoms with Crippen molar-refractivity contribution >= 4 is 46.4 Å². The van der Waals surface area contributed by atoms with Crippen molar-refractivity contribution in [2.24, 2.45) is 5.41 Å². The van der Waals surface area contributed by atoms with Crippen molar-refractivity contribution in [3.05, 3.63) is 0 Å². The summed E-state index contributed by atoms with van der Waals surface area (Å²) in [5, 5.41) is 10.1. The zero-order chi connectivity index (χ0) is 22.1. The van der Waals surface area contributed by atoms with Gasteiger partial charge in [-0.1, -0.05) is 36.7 Å². The molecule has 2 N–H and O–H groups in total. The van der Waals surface area contributed by atoms with Gasteiger partial charge in [-0.3, -0.25) is 4.18 Å². The van der Waals surface area contributed by atoms with E-state index in [-0.39, 0.29) is 60.7 Å². The molecule has 0 spiro atoms. The van der Waals surface area contributed by atoms with E-state index in [1.165, 1.54) is 20.8 Å². The van der Waals surface area contributed by atoms with Gasteiger partial charge in [-0.2, -0.15) is 21.9 Å². The molecule has 0 saturated heterocycles. The number of ether oxygens (including phenoxy) is 3. The van der Waals surface area contributed by atoms with Crippen molar-refractivity contribution < 1.29 is 85.0 Å². The van der Waals surface area contributed by atoms with E-state index in [0.717, 1.165) is 0 Å². The van der Waals surface area contributed by atoms with Crippen molar-refractivity contribution in [1.29, 1.82) is 0 Å². The Hall–Kier alpha value is -0.130. The van der Waals surface area contributed by atoms with E-state index in [1.807, 2.05) is 0 Å². The first-order valence-corrected chi connectivity index (χ1v) is 11.2. The summed E-state index contributed by atoms with van der Waals surface area (Å²) in [6.45, 7) is 6.59. The van der Waals surface area contributed by atoms with E-state index in [1.54, 1.807) is 13.8 Å². The summed E-state index contributed by atoms with van der Waals surface area (Å²) in [7, 11) is -6.41. The Labute approximate surface area is 213 Å². The van der Waals surface area contributed by atoms with Crippen LogP contribution in [0, 0.1) is 5.41 Å². The second-order valence-corrected chi connectivity index (χ2v) is 9.59. The standard InChI is InChI=1S/C15H27O11S2.Na.H2O.H2S/c1-10(2)24-14(18)26-11(3)25-13(17)12(16)15(4,5)9-23-28(21,22)8-6-7-27(19)20;;;/h10-12,16H,6-9H2,1-5H3;;2*1H2/q-1;+1;;/p-1/t11?,12-;;;/m1.../s1. The second kappa shape index (κ2) is 17.4. The molecule has 0 aromatic rings. The summed E-state index contributed by atoms with van der Waals surface area (Å²) in [5.41, 5.74) is -1.37. The van der Waals surface area contributed by atoms with Gasteiger partial charge in [-0.25, -0.2) is 9.59 Å². The summed E-state index contributed by atoms with van der Waals surface area (Å²) in [5.74, 6) is -2.02.